The average Bonchev–Trinajstić information content (AvgIpc) is 2.44. The molecule has 1 amide bonds. The number of rotatable bonds is 6. The fraction of sp³-hybridized carbons (Fsp3) is 0.846. The largest absolute Gasteiger partial charge is 0.465 e. The Morgan fingerprint density at radius 1 is 1.32 bits per heavy atom. The molecule has 6 heteroatoms. The summed E-state index contributed by atoms with van der Waals surface area (Å²) < 4.78 is 10.2. The second-order valence-electron chi connectivity index (χ2n) is 4.48. The van der Waals surface area contributed by atoms with Crippen LogP contribution in [0.4, 0.5) is 0 Å². The molecule has 0 radical (unpaired) electrons. The summed E-state index contributed by atoms with van der Waals surface area (Å²) >= 11 is 0. The number of morpholine rings is 1. The van der Waals surface area contributed by atoms with E-state index in [4.69, 9.17) is 9.47 Å². The number of ether oxygens (including phenoxy) is 2. The summed E-state index contributed by atoms with van der Waals surface area (Å²) in [5.74, 6) is -0.236. The molecule has 1 atom stereocenters. The monoisotopic (exact) mass is 272 g/mol. The summed E-state index contributed by atoms with van der Waals surface area (Å²) in [6, 6.07) is -0.312. The Morgan fingerprint density at radius 2 is 1.95 bits per heavy atom. The van der Waals surface area contributed by atoms with E-state index in [0.717, 1.165) is 0 Å². The van der Waals surface area contributed by atoms with Crippen LogP contribution in [0.25, 0.3) is 0 Å². The first-order valence-corrected chi connectivity index (χ1v) is 6.86. The smallest absolute Gasteiger partial charge is 0.320 e. The molecule has 0 spiro atoms. The zero-order valence-electron chi connectivity index (χ0n) is 12.1. The normalized spacial score (nSPS) is 17.4. The Morgan fingerprint density at radius 3 is 2.47 bits per heavy atom. The third-order valence-corrected chi connectivity index (χ3v) is 3.27. The molecule has 1 fully saturated rings. The van der Waals surface area contributed by atoms with Gasteiger partial charge in [0.05, 0.1) is 32.4 Å². The Hall–Kier alpha value is -1.14. The minimum atomic E-state index is -0.312. The van der Waals surface area contributed by atoms with Gasteiger partial charge in [-0.05, 0) is 20.4 Å². The molecular weight excluding hydrogens is 248 g/mol. The predicted molar refractivity (Wildman–Crippen MR) is 70.7 cm³/mol. The van der Waals surface area contributed by atoms with Crippen molar-refractivity contribution in [3.8, 4) is 0 Å². The Kier molecular flexibility index (Phi) is 6.80. The summed E-state index contributed by atoms with van der Waals surface area (Å²) in [5, 5.41) is 0. The number of hydrogen-bond donors (Lipinski definition) is 0. The van der Waals surface area contributed by atoms with Gasteiger partial charge in [-0.2, -0.15) is 0 Å². The average molecular weight is 272 g/mol. The first-order chi connectivity index (χ1) is 9.10. The van der Waals surface area contributed by atoms with Gasteiger partial charge in [-0.1, -0.05) is 6.92 Å². The summed E-state index contributed by atoms with van der Waals surface area (Å²) in [6.45, 7) is 9.12. The van der Waals surface area contributed by atoms with Crippen LogP contribution < -0.4 is 0 Å². The van der Waals surface area contributed by atoms with E-state index in [1.165, 1.54) is 0 Å². The molecule has 0 aromatic heterocycles. The molecular formula is C13H24N2O4. The molecule has 0 bridgehead atoms. The SMILES string of the molecule is CCOC(=O)CN(CC)C(C)C(=O)N1CCOCC1. The highest BCUT2D eigenvalue weighted by Crippen LogP contribution is 2.07. The van der Waals surface area contributed by atoms with Gasteiger partial charge < -0.3 is 14.4 Å². The van der Waals surface area contributed by atoms with Crippen molar-refractivity contribution in [1.29, 1.82) is 0 Å². The van der Waals surface area contributed by atoms with Gasteiger partial charge in [0.1, 0.15) is 0 Å². The van der Waals surface area contributed by atoms with Crippen LogP contribution in [0.15, 0.2) is 0 Å². The predicted octanol–water partition coefficient (Wildman–Crippen LogP) is 0.119. The van der Waals surface area contributed by atoms with Gasteiger partial charge in [0.25, 0.3) is 0 Å². The maximum Gasteiger partial charge on any atom is 0.320 e. The van der Waals surface area contributed by atoms with Crippen molar-refractivity contribution < 1.29 is 19.1 Å². The molecule has 19 heavy (non-hydrogen) atoms. The summed E-state index contributed by atoms with van der Waals surface area (Å²) in [5.41, 5.74) is 0. The number of nitrogens with zero attached hydrogens (tertiary/aromatic N) is 2. The van der Waals surface area contributed by atoms with Gasteiger partial charge in [0, 0.05) is 13.1 Å². The molecule has 0 aromatic carbocycles. The number of likely N-dealkylation sites (N-methyl/N-ethyl adjacent to an activating group) is 1. The Labute approximate surface area is 114 Å². The molecule has 0 aromatic rings. The van der Waals surface area contributed by atoms with E-state index < -0.39 is 0 Å². The lowest BCUT2D eigenvalue weighted by atomic mass is 10.2. The number of hydrogen-bond acceptors (Lipinski definition) is 5. The van der Waals surface area contributed by atoms with Gasteiger partial charge in [-0.25, -0.2) is 0 Å². The van der Waals surface area contributed by atoms with E-state index in [-0.39, 0.29) is 24.5 Å². The lowest BCUT2D eigenvalue weighted by Gasteiger charge is -2.33. The number of carbonyl (C=O) groups excluding carboxylic acids is 2. The highest BCUT2D eigenvalue weighted by Gasteiger charge is 2.27. The van der Waals surface area contributed by atoms with E-state index in [2.05, 4.69) is 0 Å². The molecule has 0 aliphatic carbocycles. The van der Waals surface area contributed by atoms with Crippen molar-refractivity contribution >= 4 is 11.9 Å². The van der Waals surface area contributed by atoms with Crippen LogP contribution in [0.3, 0.4) is 0 Å². The van der Waals surface area contributed by atoms with Crippen molar-refractivity contribution in [2.75, 3.05) is 46.0 Å². The van der Waals surface area contributed by atoms with Gasteiger partial charge in [-0.3, -0.25) is 14.5 Å². The second-order valence-corrected chi connectivity index (χ2v) is 4.48. The van der Waals surface area contributed by atoms with E-state index in [1.54, 1.807) is 11.8 Å². The van der Waals surface area contributed by atoms with Crippen molar-refractivity contribution in [3.05, 3.63) is 0 Å². The third-order valence-electron chi connectivity index (χ3n) is 3.27. The maximum absolute atomic E-state index is 12.3. The van der Waals surface area contributed by atoms with E-state index in [1.807, 2.05) is 18.7 Å². The molecule has 1 aliphatic rings. The molecule has 1 aliphatic heterocycles. The second kappa shape index (κ2) is 8.12. The molecule has 0 saturated carbocycles. The van der Waals surface area contributed by atoms with E-state index in [9.17, 15) is 9.59 Å². The van der Waals surface area contributed by atoms with Crippen molar-refractivity contribution in [1.82, 2.24) is 9.80 Å². The van der Waals surface area contributed by atoms with Crippen LogP contribution >= 0.6 is 0 Å². The van der Waals surface area contributed by atoms with Crippen molar-refractivity contribution in [2.24, 2.45) is 0 Å². The summed E-state index contributed by atoms with van der Waals surface area (Å²) in [6.07, 6.45) is 0. The molecule has 1 saturated heterocycles. The molecule has 1 rings (SSSR count). The van der Waals surface area contributed by atoms with Crippen molar-refractivity contribution in [2.45, 2.75) is 26.8 Å². The maximum atomic E-state index is 12.3. The topological polar surface area (TPSA) is 59.1 Å². The minimum Gasteiger partial charge on any atom is -0.465 e. The first-order valence-electron chi connectivity index (χ1n) is 6.86. The Bertz CT molecular complexity index is 303. The zero-order valence-corrected chi connectivity index (χ0v) is 12.1. The third kappa shape index (κ3) is 4.80. The van der Waals surface area contributed by atoms with Crippen LogP contribution in [0.2, 0.25) is 0 Å². The van der Waals surface area contributed by atoms with Crippen LogP contribution in [0.5, 0.6) is 0 Å². The van der Waals surface area contributed by atoms with Crippen LogP contribution in [0.1, 0.15) is 20.8 Å². The van der Waals surface area contributed by atoms with Gasteiger partial charge in [-0.15, -0.1) is 0 Å². The molecule has 110 valence electrons. The van der Waals surface area contributed by atoms with Gasteiger partial charge in [0.15, 0.2) is 0 Å². The fourth-order valence-corrected chi connectivity index (χ4v) is 2.10. The van der Waals surface area contributed by atoms with Crippen LogP contribution in [-0.4, -0.2) is 73.7 Å². The first kappa shape index (κ1) is 15.9. The van der Waals surface area contributed by atoms with Gasteiger partial charge >= 0.3 is 5.97 Å². The Balaban J connectivity index is 2.53. The molecule has 1 heterocycles. The summed E-state index contributed by atoms with van der Waals surface area (Å²) in [7, 11) is 0. The van der Waals surface area contributed by atoms with Gasteiger partial charge in [0.2, 0.25) is 5.91 Å². The highest BCUT2D eigenvalue weighted by molar-refractivity contribution is 5.82. The minimum absolute atomic E-state index is 0.0504. The van der Waals surface area contributed by atoms with Crippen molar-refractivity contribution in [3.63, 3.8) is 0 Å². The lowest BCUT2D eigenvalue weighted by Crippen LogP contribution is -2.51. The lowest BCUT2D eigenvalue weighted by molar-refractivity contribution is -0.147. The standard InChI is InChI=1S/C13H24N2O4/c1-4-14(10-12(16)19-5-2)11(3)13(17)15-6-8-18-9-7-15/h11H,4-10H2,1-3H3. The van der Waals surface area contributed by atoms with Crippen LogP contribution in [0, 0.1) is 0 Å². The molecule has 1 unspecified atom stereocenters. The number of esters is 1. The zero-order chi connectivity index (χ0) is 14.3. The quantitative estimate of drug-likeness (QED) is 0.643. The number of amides is 1. The molecule has 6 nitrogen and oxygen atoms in total. The number of carbonyl (C=O) groups is 2. The van der Waals surface area contributed by atoms with Crippen LogP contribution in [-0.2, 0) is 19.1 Å². The summed E-state index contributed by atoms with van der Waals surface area (Å²) in [4.78, 5) is 27.4. The fourth-order valence-electron chi connectivity index (χ4n) is 2.10. The van der Waals surface area contributed by atoms with E-state index in [0.29, 0.717) is 39.5 Å². The van der Waals surface area contributed by atoms with E-state index >= 15 is 0 Å². The highest BCUT2D eigenvalue weighted by atomic mass is 16.5. The molecule has 0 N–H and O–H groups in total.